The molecule has 4 heteroatoms. The molecule has 1 aromatic rings. The van der Waals surface area contributed by atoms with Crippen LogP contribution in [0.4, 0.5) is 0 Å². The lowest BCUT2D eigenvalue weighted by molar-refractivity contribution is -0.120. The van der Waals surface area contributed by atoms with Gasteiger partial charge in [-0.05, 0) is 31.5 Å². The monoisotopic (exact) mass is 257 g/mol. The first-order valence-corrected chi connectivity index (χ1v) is 6.03. The third-order valence-corrected chi connectivity index (χ3v) is 2.97. The van der Waals surface area contributed by atoms with Crippen molar-refractivity contribution in [1.29, 1.82) is 0 Å². The summed E-state index contributed by atoms with van der Waals surface area (Å²) in [4.78, 5) is 0. The molecule has 0 fully saturated rings. The maximum absolute atomic E-state index is 5.97. The van der Waals surface area contributed by atoms with Crippen LogP contribution < -0.4 is 5.32 Å². The second kappa shape index (κ2) is 6.97. The number of rotatable bonds is 6. The van der Waals surface area contributed by atoms with Crippen LogP contribution in [-0.4, -0.2) is 26.6 Å². The number of hydrogen-bond acceptors (Lipinski definition) is 3. The molecule has 1 aromatic carbocycles. The van der Waals surface area contributed by atoms with E-state index < -0.39 is 0 Å². The fraction of sp³-hybridized carbons (Fsp3) is 0.538. The van der Waals surface area contributed by atoms with Crippen LogP contribution in [0.1, 0.15) is 25.5 Å². The van der Waals surface area contributed by atoms with Gasteiger partial charge >= 0.3 is 0 Å². The third kappa shape index (κ3) is 4.28. The van der Waals surface area contributed by atoms with Crippen molar-refractivity contribution in [2.24, 2.45) is 0 Å². The number of nitrogens with one attached hydrogen (secondary N) is 1. The van der Waals surface area contributed by atoms with Crippen molar-refractivity contribution in [2.75, 3.05) is 14.2 Å². The molecule has 0 aliphatic rings. The SMILES string of the molecule is COC(OC)C(C)N[C@H](C)c1cccc(Cl)c1. The first-order chi connectivity index (χ1) is 8.08. The quantitative estimate of drug-likeness (QED) is 0.795. The Morgan fingerprint density at radius 1 is 1.18 bits per heavy atom. The normalized spacial score (nSPS) is 14.9. The van der Waals surface area contributed by atoms with Gasteiger partial charge in [0.25, 0.3) is 0 Å². The Kier molecular flexibility index (Phi) is 5.92. The van der Waals surface area contributed by atoms with Gasteiger partial charge in [-0.25, -0.2) is 0 Å². The molecule has 1 rings (SSSR count). The van der Waals surface area contributed by atoms with Crippen LogP contribution in [0.2, 0.25) is 5.02 Å². The average molecular weight is 258 g/mol. The highest BCUT2D eigenvalue weighted by atomic mass is 35.5. The lowest BCUT2D eigenvalue weighted by atomic mass is 10.1. The van der Waals surface area contributed by atoms with Crippen LogP contribution in [0.3, 0.4) is 0 Å². The van der Waals surface area contributed by atoms with Crippen molar-refractivity contribution in [2.45, 2.75) is 32.2 Å². The van der Waals surface area contributed by atoms with Crippen molar-refractivity contribution in [1.82, 2.24) is 5.32 Å². The van der Waals surface area contributed by atoms with E-state index in [0.717, 1.165) is 10.6 Å². The zero-order valence-electron chi connectivity index (χ0n) is 10.7. The molecular weight excluding hydrogens is 238 g/mol. The van der Waals surface area contributed by atoms with E-state index in [4.69, 9.17) is 21.1 Å². The number of methoxy groups -OCH3 is 2. The Hall–Kier alpha value is -0.610. The van der Waals surface area contributed by atoms with Crippen molar-refractivity contribution in [3.63, 3.8) is 0 Å². The summed E-state index contributed by atoms with van der Waals surface area (Å²) < 4.78 is 10.4. The molecule has 0 aliphatic heterocycles. The Morgan fingerprint density at radius 3 is 2.35 bits per heavy atom. The van der Waals surface area contributed by atoms with Crippen molar-refractivity contribution in [3.05, 3.63) is 34.9 Å². The summed E-state index contributed by atoms with van der Waals surface area (Å²) in [6.45, 7) is 4.11. The Balaban J connectivity index is 2.62. The average Bonchev–Trinajstić information content (AvgIpc) is 2.30. The molecule has 1 unspecified atom stereocenters. The molecule has 0 aliphatic carbocycles. The molecule has 0 radical (unpaired) electrons. The van der Waals surface area contributed by atoms with Gasteiger partial charge in [0.05, 0.1) is 6.04 Å². The highest BCUT2D eigenvalue weighted by Gasteiger charge is 2.18. The van der Waals surface area contributed by atoms with Gasteiger partial charge < -0.3 is 14.8 Å². The number of benzene rings is 1. The van der Waals surface area contributed by atoms with Gasteiger partial charge in [0.15, 0.2) is 6.29 Å². The zero-order valence-corrected chi connectivity index (χ0v) is 11.5. The van der Waals surface area contributed by atoms with Gasteiger partial charge in [-0.15, -0.1) is 0 Å². The van der Waals surface area contributed by atoms with Crippen LogP contribution in [0, 0.1) is 0 Å². The van der Waals surface area contributed by atoms with Gasteiger partial charge in [0.2, 0.25) is 0 Å². The predicted octanol–water partition coefficient (Wildman–Crippen LogP) is 3.00. The molecule has 17 heavy (non-hydrogen) atoms. The Morgan fingerprint density at radius 2 is 1.82 bits per heavy atom. The van der Waals surface area contributed by atoms with Gasteiger partial charge in [-0.3, -0.25) is 0 Å². The number of halogens is 1. The summed E-state index contributed by atoms with van der Waals surface area (Å²) in [6, 6.07) is 8.11. The summed E-state index contributed by atoms with van der Waals surface area (Å²) in [6.07, 6.45) is -0.253. The first-order valence-electron chi connectivity index (χ1n) is 5.65. The second-order valence-corrected chi connectivity index (χ2v) is 4.51. The smallest absolute Gasteiger partial charge is 0.171 e. The second-order valence-electron chi connectivity index (χ2n) is 4.07. The molecule has 0 aromatic heterocycles. The maximum Gasteiger partial charge on any atom is 0.171 e. The molecule has 0 saturated heterocycles. The van der Waals surface area contributed by atoms with E-state index in [1.807, 2.05) is 31.2 Å². The fourth-order valence-electron chi connectivity index (χ4n) is 1.85. The lowest BCUT2D eigenvalue weighted by Crippen LogP contribution is -2.40. The number of hydrogen-bond donors (Lipinski definition) is 1. The van der Waals surface area contributed by atoms with Crippen LogP contribution in [0.15, 0.2) is 24.3 Å². The first kappa shape index (κ1) is 14.5. The Bertz CT molecular complexity index is 342. The van der Waals surface area contributed by atoms with Gasteiger partial charge in [-0.1, -0.05) is 23.7 Å². The summed E-state index contributed by atoms with van der Waals surface area (Å²) in [5, 5.41) is 4.17. The van der Waals surface area contributed by atoms with Crippen molar-refractivity contribution < 1.29 is 9.47 Å². The molecule has 0 heterocycles. The predicted molar refractivity (Wildman–Crippen MR) is 70.3 cm³/mol. The molecular formula is C13H20ClNO2. The summed E-state index contributed by atoms with van der Waals surface area (Å²) in [7, 11) is 3.27. The molecule has 96 valence electrons. The van der Waals surface area contributed by atoms with E-state index >= 15 is 0 Å². The van der Waals surface area contributed by atoms with Gasteiger partial charge in [0, 0.05) is 25.3 Å². The summed E-state index contributed by atoms with van der Waals surface area (Å²) >= 11 is 5.97. The minimum absolute atomic E-state index is 0.0963. The van der Waals surface area contributed by atoms with Crippen molar-refractivity contribution >= 4 is 11.6 Å². The minimum atomic E-state index is -0.253. The van der Waals surface area contributed by atoms with E-state index in [9.17, 15) is 0 Å². The highest BCUT2D eigenvalue weighted by molar-refractivity contribution is 6.30. The molecule has 0 bridgehead atoms. The van der Waals surface area contributed by atoms with E-state index in [0.29, 0.717) is 0 Å². The number of ether oxygens (including phenoxy) is 2. The zero-order chi connectivity index (χ0) is 12.8. The maximum atomic E-state index is 5.97. The minimum Gasteiger partial charge on any atom is -0.354 e. The fourth-order valence-corrected chi connectivity index (χ4v) is 2.05. The molecule has 0 saturated carbocycles. The van der Waals surface area contributed by atoms with Gasteiger partial charge in [-0.2, -0.15) is 0 Å². The van der Waals surface area contributed by atoms with Crippen LogP contribution >= 0.6 is 11.6 Å². The van der Waals surface area contributed by atoms with Crippen LogP contribution in [0.5, 0.6) is 0 Å². The van der Waals surface area contributed by atoms with E-state index in [2.05, 4.69) is 12.2 Å². The standard InChI is InChI=1S/C13H20ClNO2/c1-9(11-6-5-7-12(14)8-11)15-10(2)13(16-3)17-4/h5-10,13,15H,1-4H3/t9-,10?/m1/s1. The van der Waals surface area contributed by atoms with E-state index in [1.54, 1.807) is 14.2 Å². The van der Waals surface area contributed by atoms with E-state index in [-0.39, 0.29) is 18.4 Å². The highest BCUT2D eigenvalue weighted by Crippen LogP contribution is 2.18. The molecule has 0 spiro atoms. The third-order valence-electron chi connectivity index (χ3n) is 2.73. The lowest BCUT2D eigenvalue weighted by Gasteiger charge is -2.26. The molecule has 3 nitrogen and oxygen atoms in total. The Labute approximate surface area is 108 Å². The topological polar surface area (TPSA) is 30.5 Å². The van der Waals surface area contributed by atoms with Gasteiger partial charge in [0.1, 0.15) is 0 Å². The largest absolute Gasteiger partial charge is 0.354 e. The van der Waals surface area contributed by atoms with Crippen molar-refractivity contribution in [3.8, 4) is 0 Å². The molecule has 1 N–H and O–H groups in total. The summed E-state index contributed by atoms with van der Waals surface area (Å²) in [5.74, 6) is 0. The van der Waals surface area contributed by atoms with E-state index in [1.165, 1.54) is 0 Å². The molecule has 2 atom stereocenters. The summed E-state index contributed by atoms with van der Waals surface area (Å²) in [5.41, 5.74) is 1.15. The van der Waals surface area contributed by atoms with Crippen LogP contribution in [-0.2, 0) is 9.47 Å². The van der Waals surface area contributed by atoms with Crippen LogP contribution in [0.25, 0.3) is 0 Å². The molecule has 0 amide bonds.